The van der Waals surface area contributed by atoms with E-state index in [1.54, 1.807) is 0 Å². The molecule has 1 N–H and O–H groups in total. The lowest BCUT2D eigenvalue weighted by Crippen LogP contribution is -2.32. The third-order valence-corrected chi connectivity index (χ3v) is 5.13. The van der Waals surface area contributed by atoms with Crippen molar-refractivity contribution in [1.82, 2.24) is 5.32 Å². The van der Waals surface area contributed by atoms with Gasteiger partial charge in [0.25, 0.3) is 0 Å². The van der Waals surface area contributed by atoms with Gasteiger partial charge in [0.05, 0.1) is 0 Å². The predicted octanol–water partition coefficient (Wildman–Crippen LogP) is 3.13. The topological polar surface area (TPSA) is 15.3 Å². The van der Waals surface area contributed by atoms with E-state index in [1.807, 2.05) is 0 Å². The number of anilines is 1. The molecule has 1 atom stereocenters. The number of aryl methyl sites for hydroxylation is 2. The molecule has 104 valence electrons. The number of piperidine rings is 1. The minimum absolute atomic E-state index is 0.920. The average Bonchev–Trinajstić information content (AvgIpc) is 2.93. The second-order valence-electron chi connectivity index (χ2n) is 6.35. The van der Waals surface area contributed by atoms with Crippen LogP contribution in [-0.2, 0) is 0 Å². The predicted molar refractivity (Wildman–Crippen MR) is 81.8 cm³/mol. The second-order valence-corrected chi connectivity index (χ2v) is 6.35. The zero-order valence-electron chi connectivity index (χ0n) is 12.3. The fourth-order valence-electron chi connectivity index (χ4n) is 3.64. The molecule has 2 nitrogen and oxygen atoms in total. The molecule has 1 aromatic rings. The smallest absolute Gasteiger partial charge is 0.0369 e. The first-order chi connectivity index (χ1) is 9.24. The summed E-state index contributed by atoms with van der Waals surface area (Å²) in [5.41, 5.74) is 4.25. The van der Waals surface area contributed by atoms with Crippen LogP contribution >= 0.6 is 0 Å². The normalized spacial score (nSPS) is 24.9. The molecule has 0 amide bonds. The molecule has 0 saturated carbocycles. The molecule has 0 aliphatic carbocycles. The Morgan fingerprint density at radius 1 is 1.00 bits per heavy atom. The molecule has 1 aromatic carbocycles. The van der Waals surface area contributed by atoms with Gasteiger partial charge in [0.2, 0.25) is 0 Å². The van der Waals surface area contributed by atoms with Crippen molar-refractivity contribution < 1.29 is 0 Å². The Morgan fingerprint density at radius 3 is 2.53 bits per heavy atom. The van der Waals surface area contributed by atoms with Crippen molar-refractivity contribution >= 4 is 5.69 Å². The largest absolute Gasteiger partial charge is 0.371 e. The first kappa shape index (κ1) is 13.0. The van der Waals surface area contributed by atoms with Crippen LogP contribution in [0.15, 0.2) is 18.2 Å². The van der Waals surface area contributed by atoms with Crippen LogP contribution in [0.5, 0.6) is 0 Å². The molecular formula is C17H26N2. The van der Waals surface area contributed by atoms with Crippen molar-refractivity contribution in [2.24, 2.45) is 11.8 Å². The molecule has 2 heterocycles. The third kappa shape index (κ3) is 2.79. The van der Waals surface area contributed by atoms with E-state index in [1.165, 1.54) is 62.3 Å². The fourth-order valence-corrected chi connectivity index (χ4v) is 3.64. The molecular weight excluding hydrogens is 232 g/mol. The number of benzene rings is 1. The molecule has 0 radical (unpaired) electrons. The lowest BCUT2D eigenvalue weighted by atomic mass is 9.84. The number of hydrogen-bond acceptors (Lipinski definition) is 2. The summed E-state index contributed by atoms with van der Waals surface area (Å²) in [5.74, 6) is 1.88. The van der Waals surface area contributed by atoms with Gasteiger partial charge >= 0.3 is 0 Å². The van der Waals surface area contributed by atoms with Gasteiger partial charge in [0.1, 0.15) is 0 Å². The summed E-state index contributed by atoms with van der Waals surface area (Å²) in [5, 5.41) is 3.48. The number of rotatable bonds is 2. The van der Waals surface area contributed by atoms with E-state index in [9.17, 15) is 0 Å². The van der Waals surface area contributed by atoms with Crippen molar-refractivity contribution in [3.63, 3.8) is 0 Å². The summed E-state index contributed by atoms with van der Waals surface area (Å²) < 4.78 is 0. The van der Waals surface area contributed by atoms with Crippen LogP contribution in [0, 0.1) is 25.7 Å². The molecule has 2 heteroatoms. The summed E-state index contributed by atoms with van der Waals surface area (Å²) in [7, 11) is 0. The first-order valence-corrected chi connectivity index (χ1v) is 7.77. The zero-order valence-corrected chi connectivity index (χ0v) is 12.3. The maximum absolute atomic E-state index is 3.48. The summed E-state index contributed by atoms with van der Waals surface area (Å²) in [6.07, 6.45) is 4.15. The third-order valence-electron chi connectivity index (χ3n) is 5.13. The van der Waals surface area contributed by atoms with E-state index in [2.05, 4.69) is 42.3 Å². The van der Waals surface area contributed by atoms with E-state index < -0.39 is 0 Å². The van der Waals surface area contributed by atoms with Gasteiger partial charge in [-0.15, -0.1) is 0 Å². The Morgan fingerprint density at radius 2 is 1.79 bits per heavy atom. The van der Waals surface area contributed by atoms with Gasteiger partial charge in [-0.3, -0.25) is 0 Å². The van der Waals surface area contributed by atoms with Gasteiger partial charge in [0, 0.05) is 18.8 Å². The van der Waals surface area contributed by atoms with Gasteiger partial charge in [0.15, 0.2) is 0 Å². The molecule has 0 aromatic heterocycles. The van der Waals surface area contributed by atoms with E-state index in [4.69, 9.17) is 0 Å². The highest BCUT2D eigenvalue weighted by Crippen LogP contribution is 2.33. The van der Waals surface area contributed by atoms with Crippen LogP contribution in [0.1, 0.15) is 30.4 Å². The molecule has 3 rings (SSSR count). The Bertz CT molecular complexity index is 435. The highest BCUT2D eigenvalue weighted by molar-refractivity contribution is 5.51. The summed E-state index contributed by atoms with van der Waals surface area (Å²) >= 11 is 0. The molecule has 2 fully saturated rings. The molecule has 19 heavy (non-hydrogen) atoms. The van der Waals surface area contributed by atoms with Crippen LogP contribution in [0.3, 0.4) is 0 Å². The fraction of sp³-hybridized carbons (Fsp3) is 0.647. The van der Waals surface area contributed by atoms with Gasteiger partial charge < -0.3 is 10.2 Å². The van der Waals surface area contributed by atoms with Gasteiger partial charge in [-0.25, -0.2) is 0 Å². The van der Waals surface area contributed by atoms with Crippen molar-refractivity contribution in [1.29, 1.82) is 0 Å². The molecule has 2 aliphatic rings. The maximum Gasteiger partial charge on any atom is 0.0369 e. The van der Waals surface area contributed by atoms with Crippen LogP contribution in [-0.4, -0.2) is 26.2 Å². The van der Waals surface area contributed by atoms with Crippen molar-refractivity contribution in [3.8, 4) is 0 Å². The van der Waals surface area contributed by atoms with Gasteiger partial charge in [-0.2, -0.15) is 0 Å². The lowest BCUT2D eigenvalue weighted by molar-refractivity contribution is 0.276. The van der Waals surface area contributed by atoms with Crippen LogP contribution in [0.2, 0.25) is 0 Å². The Labute approximate surface area is 117 Å². The van der Waals surface area contributed by atoms with Gasteiger partial charge in [-0.1, -0.05) is 6.07 Å². The second kappa shape index (κ2) is 5.54. The molecule has 1 unspecified atom stereocenters. The molecule has 0 bridgehead atoms. The van der Waals surface area contributed by atoms with E-state index >= 15 is 0 Å². The zero-order chi connectivity index (χ0) is 13.2. The SMILES string of the molecule is Cc1ccc(N2CCC(C3CCNCC3)C2)cc1C. The highest BCUT2D eigenvalue weighted by atomic mass is 15.2. The Kier molecular flexibility index (Phi) is 3.79. The standard InChI is InChI=1S/C17H26N2/c1-13-3-4-17(11-14(13)2)19-10-7-16(12-19)15-5-8-18-9-6-15/h3-4,11,15-16,18H,5-10,12H2,1-2H3. The minimum Gasteiger partial charge on any atom is -0.371 e. The van der Waals surface area contributed by atoms with Gasteiger partial charge in [-0.05, 0) is 81.3 Å². The van der Waals surface area contributed by atoms with Crippen molar-refractivity contribution in [2.75, 3.05) is 31.1 Å². The first-order valence-electron chi connectivity index (χ1n) is 7.77. The quantitative estimate of drug-likeness (QED) is 0.877. The van der Waals surface area contributed by atoms with Crippen LogP contribution < -0.4 is 10.2 Å². The number of nitrogens with zero attached hydrogens (tertiary/aromatic N) is 1. The number of hydrogen-bond donors (Lipinski definition) is 1. The number of nitrogens with one attached hydrogen (secondary N) is 1. The average molecular weight is 258 g/mol. The lowest BCUT2D eigenvalue weighted by Gasteiger charge is -2.28. The van der Waals surface area contributed by atoms with Crippen LogP contribution in [0.25, 0.3) is 0 Å². The minimum atomic E-state index is 0.920. The van der Waals surface area contributed by atoms with E-state index in [0.29, 0.717) is 0 Å². The summed E-state index contributed by atoms with van der Waals surface area (Å²) in [6.45, 7) is 9.39. The summed E-state index contributed by atoms with van der Waals surface area (Å²) in [4.78, 5) is 2.60. The molecule has 2 aliphatic heterocycles. The monoisotopic (exact) mass is 258 g/mol. The highest BCUT2D eigenvalue weighted by Gasteiger charge is 2.30. The van der Waals surface area contributed by atoms with Crippen LogP contribution in [0.4, 0.5) is 5.69 Å². The Hall–Kier alpha value is -1.02. The van der Waals surface area contributed by atoms with Crippen molar-refractivity contribution in [3.05, 3.63) is 29.3 Å². The van der Waals surface area contributed by atoms with E-state index in [-0.39, 0.29) is 0 Å². The maximum atomic E-state index is 3.48. The summed E-state index contributed by atoms with van der Waals surface area (Å²) in [6, 6.07) is 6.93. The molecule has 2 saturated heterocycles. The Balaban J connectivity index is 1.66. The van der Waals surface area contributed by atoms with Crippen molar-refractivity contribution in [2.45, 2.75) is 33.1 Å². The molecule has 0 spiro atoms. The van der Waals surface area contributed by atoms with E-state index in [0.717, 1.165) is 11.8 Å².